The predicted molar refractivity (Wildman–Crippen MR) is 84.6 cm³/mol. The van der Waals surface area contributed by atoms with E-state index in [1.165, 1.54) is 11.8 Å². The molecule has 0 atom stereocenters. The normalized spacial score (nSPS) is 14.3. The first kappa shape index (κ1) is 15.1. The molecular weight excluding hydrogens is 300 g/mol. The van der Waals surface area contributed by atoms with E-state index in [4.69, 9.17) is 4.42 Å². The monoisotopic (exact) mass is 320 g/mol. The maximum absolute atomic E-state index is 11.8. The number of aromatic nitrogens is 3. The van der Waals surface area contributed by atoms with Gasteiger partial charge in [-0.05, 0) is 32.3 Å². The lowest BCUT2D eigenvalue weighted by atomic mass is 10.2. The highest BCUT2D eigenvalue weighted by atomic mass is 32.2. The first-order valence-electron chi connectivity index (χ1n) is 7.59. The molecule has 1 aliphatic carbocycles. The van der Waals surface area contributed by atoms with Crippen LogP contribution in [-0.4, -0.2) is 32.5 Å². The molecule has 6 nitrogen and oxygen atoms in total. The second-order valence-corrected chi connectivity index (χ2v) is 6.42. The molecule has 0 unspecified atom stereocenters. The van der Waals surface area contributed by atoms with Crippen LogP contribution in [0.1, 0.15) is 31.9 Å². The molecule has 1 amide bonds. The van der Waals surface area contributed by atoms with Crippen LogP contribution in [0.3, 0.4) is 0 Å². The SMILES string of the molecule is CCCn1c(SCC(=O)NC2CC2)nnc1-c1ccoc1C. The number of hydrogen-bond acceptors (Lipinski definition) is 5. The number of carbonyl (C=O) groups is 1. The highest BCUT2D eigenvalue weighted by Crippen LogP contribution is 2.27. The summed E-state index contributed by atoms with van der Waals surface area (Å²) in [7, 11) is 0. The van der Waals surface area contributed by atoms with Crippen molar-refractivity contribution in [3.63, 3.8) is 0 Å². The summed E-state index contributed by atoms with van der Waals surface area (Å²) in [5, 5.41) is 12.3. The van der Waals surface area contributed by atoms with Gasteiger partial charge in [0.15, 0.2) is 11.0 Å². The number of nitrogens with zero attached hydrogens (tertiary/aromatic N) is 3. The van der Waals surface area contributed by atoms with Gasteiger partial charge in [-0.1, -0.05) is 18.7 Å². The van der Waals surface area contributed by atoms with Crippen LogP contribution >= 0.6 is 11.8 Å². The number of rotatable bonds is 7. The lowest BCUT2D eigenvalue weighted by molar-refractivity contribution is -0.118. The van der Waals surface area contributed by atoms with Gasteiger partial charge in [0.1, 0.15) is 5.76 Å². The molecule has 0 bridgehead atoms. The van der Waals surface area contributed by atoms with Crippen LogP contribution in [0.25, 0.3) is 11.4 Å². The molecule has 2 aromatic rings. The second-order valence-electron chi connectivity index (χ2n) is 5.48. The Hall–Kier alpha value is -1.76. The third kappa shape index (κ3) is 3.35. The Bertz CT molecular complexity index is 660. The van der Waals surface area contributed by atoms with Gasteiger partial charge >= 0.3 is 0 Å². The van der Waals surface area contributed by atoms with Crippen LogP contribution in [0, 0.1) is 6.92 Å². The van der Waals surface area contributed by atoms with E-state index in [0.717, 1.165) is 48.1 Å². The number of nitrogens with one attached hydrogen (secondary N) is 1. The number of aryl methyl sites for hydroxylation is 1. The summed E-state index contributed by atoms with van der Waals surface area (Å²) >= 11 is 1.44. The molecular formula is C15H20N4O2S. The molecule has 1 N–H and O–H groups in total. The summed E-state index contributed by atoms with van der Waals surface area (Å²) in [6.45, 7) is 4.84. The molecule has 22 heavy (non-hydrogen) atoms. The minimum atomic E-state index is 0.0691. The Morgan fingerprint density at radius 2 is 2.32 bits per heavy atom. The van der Waals surface area contributed by atoms with E-state index < -0.39 is 0 Å². The first-order chi connectivity index (χ1) is 10.7. The van der Waals surface area contributed by atoms with Gasteiger partial charge in [-0.2, -0.15) is 0 Å². The molecule has 7 heteroatoms. The number of carbonyl (C=O) groups excluding carboxylic acids is 1. The van der Waals surface area contributed by atoms with E-state index in [2.05, 4.69) is 27.0 Å². The van der Waals surface area contributed by atoms with Gasteiger partial charge in [0.25, 0.3) is 0 Å². The minimum absolute atomic E-state index is 0.0691. The highest BCUT2D eigenvalue weighted by Gasteiger charge is 2.24. The number of thioether (sulfide) groups is 1. The molecule has 0 aromatic carbocycles. The van der Waals surface area contributed by atoms with Gasteiger partial charge in [0.2, 0.25) is 5.91 Å². The molecule has 0 radical (unpaired) electrons. The third-order valence-corrected chi connectivity index (χ3v) is 4.51. The Morgan fingerprint density at radius 3 is 2.95 bits per heavy atom. The van der Waals surface area contributed by atoms with Gasteiger partial charge in [-0.15, -0.1) is 10.2 Å². The van der Waals surface area contributed by atoms with Gasteiger partial charge < -0.3 is 14.3 Å². The Labute approximate surface area is 133 Å². The molecule has 0 spiro atoms. The van der Waals surface area contributed by atoms with E-state index in [1.807, 2.05) is 13.0 Å². The zero-order valence-electron chi connectivity index (χ0n) is 12.8. The molecule has 2 heterocycles. The van der Waals surface area contributed by atoms with E-state index in [-0.39, 0.29) is 5.91 Å². The van der Waals surface area contributed by atoms with Gasteiger partial charge in [-0.25, -0.2) is 0 Å². The fourth-order valence-electron chi connectivity index (χ4n) is 2.26. The Balaban J connectivity index is 1.74. The molecule has 118 valence electrons. The van der Waals surface area contributed by atoms with E-state index in [0.29, 0.717) is 11.8 Å². The van der Waals surface area contributed by atoms with Gasteiger partial charge in [-0.3, -0.25) is 4.79 Å². The molecule has 1 saturated carbocycles. The lowest BCUT2D eigenvalue weighted by Gasteiger charge is -2.08. The molecule has 1 aliphatic rings. The zero-order valence-corrected chi connectivity index (χ0v) is 13.7. The fourth-order valence-corrected chi connectivity index (χ4v) is 3.04. The Morgan fingerprint density at radius 1 is 1.50 bits per heavy atom. The van der Waals surface area contributed by atoms with Crippen LogP contribution in [-0.2, 0) is 11.3 Å². The molecule has 0 aliphatic heterocycles. The van der Waals surface area contributed by atoms with Crippen molar-refractivity contribution in [2.75, 3.05) is 5.75 Å². The molecule has 3 rings (SSSR count). The largest absolute Gasteiger partial charge is 0.469 e. The minimum Gasteiger partial charge on any atom is -0.469 e. The topological polar surface area (TPSA) is 73.0 Å². The average molecular weight is 320 g/mol. The third-order valence-electron chi connectivity index (χ3n) is 3.54. The van der Waals surface area contributed by atoms with Crippen molar-refractivity contribution in [1.29, 1.82) is 0 Å². The first-order valence-corrected chi connectivity index (χ1v) is 8.57. The standard InChI is InChI=1S/C15H20N4O2S/c1-3-7-19-14(12-6-8-21-10(12)2)17-18-15(19)22-9-13(20)16-11-4-5-11/h6,8,11H,3-5,7,9H2,1-2H3,(H,16,20). The predicted octanol–water partition coefficient (Wildman–Crippen LogP) is 2.63. The lowest BCUT2D eigenvalue weighted by Crippen LogP contribution is -2.27. The maximum Gasteiger partial charge on any atom is 0.230 e. The quantitative estimate of drug-likeness (QED) is 0.794. The van der Waals surface area contributed by atoms with Gasteiger partial charge in [0, 0.05) is 12.6 Å². The summed E-state index contributed by atoms with van der Waals surface area (Å²) in [6.07, 6.45) is 4.84. The van der Waals surface area contributed by atoms with Crippen LogP contribution < -0.4 is 5.32 Å². The van der Waals surface area contributed by atoms with Crippen molar-refractivity contribution in [1.82, 2.24) is 20.1 Å². The summed E-state index contributed by atoms with van der Waals surface area (Å²) < 4.78 is 7.42. The molecule has 0 saturated heterocycles. The van der Waals surface area contributed by atoms with Crippen molar-refractivity contribution in [3.8, 4) is 11.4 Å². The Kier molecular flexibility index (Phi) is 4.52. The molecule has 1 fully saturated rings. The maximum atomic E-state index is 11.8. The second kappa shape index (κ2) is 6.56. The van der Waals surface area contributed by atoms with Crippen molar-refractivity contribution in [2.24, 2.45) is 0 Å². The summed E-state index contributed by atoms with van der Waals surface area (Å²) in [5.41, 5.74) is 0.954. The summed E-state index contributed by atoms with van der Waals surface area (Å²) in [6, 6.07) is 2.30. The smallest absolute Gasteiger partial charge is 0.230 e. The number of hydrogen-bond donors (Lipinski definition) is 1. The highest BCUT2D eigenvalue weighted by molar-refractivity contribution is 7.99. The zero-order chi connectivity index (χ0) is 15.5. The van der Waals surface area contributed by atoms with Crippen molar-refractivity contribution in [2.45, 2.75) is 50.9 Å². The van der Waals surface area contributed by atoms with Crippen LogP contribution in [0.5, 0.6) is 0 Å². The van der Waals surface area contributed by atoms with Crippen molar-refractivity contribution in [3.05, 3.63) is 18.1 Å². The number of furan rings is 1. The average Bonchev–Trinajstić information content (AvgIpc) is 3.06. The van der Waals surface area contributed by atoms with Crippen LogP contribution in [0.4, 0.5) is 0 Å². The summed E-state index contributed by atoms with van der Waals surface area (Å²) in [4.78, 5) is 11.8. The van der Waals surface area contributed by atoms with Crippen LogP contribution in [0.15, 0.2) is 21.9 Å². The molecule has 2 aromatic heterocycles. The number of amides is 1. The van der Waals surface area contributed by atoms with Crippen LogP contribution in [0.2, 0.25) is 0 Å². The fraction of sp³-hybridized carbons (Fsp3) is 0.533. The van der Waals surface area contributed by atoms with Gasteiger partial charge in [0.05, 0.1) is 17.6 Å². The van der Waals surface area contributed by atoms with Crippen molar-refractivity contribution < 1.29 is 9.21 Å². The van der Waals surface area contributed by atoms with E-state index in [1.54, 1.807) is 6.26 Å². The van der Waals surface area contributed by atoms with E-state index >= 15 is 0 Å². The van der Waals surface area contributed by atoms with Crippen molar-refractivity contribution >= 4 is 17.7 Å². The summed E-state index contributed by atoms with van der Waals surface area (Å²) in [5.74, 6) is 2.08. The van der Waals surface area contributed by atoms with E-state index in [9.17, 15) is 4.79 Å².